The first-order valence-corrected chi connectivity index (χ1v) is 8.46. The summed E-state index contributed by atoms with van der Waals surface area (Å²) >= 11 is 5.30. The van der Waals surface area contributed by atoms with Crippen LogP contribution in [0.5, 0.6) is 5.75 Å². The van der Waals surface area contributed by atoms with Crippen LogP contribution in [0.25, 0.3) is 0 Å². The number of allylic oxidation sites excluding steroid dienone is 3. The molecule has 0 amide bonds. The number of benzene rings is 1. The molecule has 0 heterocycles. The minimum absolute atomic E-state index is 0.468. The van der Waals surface area contributed by atoms with Gasteiger partial charge in [0, 0.05) is 6.54 Å². The van der Waals surface area contributed by atoms with Crippen LogP contribution in [0.4, 0.5) is 0 Å². The second-order valence-corrected chi connectivity index (χ2v) is 6.48. The second kappa shape index (κ2) is 8.64. The van der Waals surface area contributed by atoms with Crippen molar-refractivity contribution < 1.29 is 4.74 Å². The lowest BCUT2D eigenvalue weighted by atomic mass is 9.85. The lowest BCUT2D eigenvalue weighted by Gasteiger charge is -2.22. The Hall–Kier alpha value is -2.14. The summed E-state index contributed by atoms with van der Waals surface area (Å²) in [5, 5.41) is 8.15. The van der Waals surface area contributed by atoms with E-state index in [2.05, 4.69) is 42.3 Å². The number of ether oxygens (including phenoxy) is 1. The first-order chi connectivity index (χ1) is 11.5. The van der Waals surface area contributed by atoms with E-state index in [9.17, 15) is 0 Å². The van der Waals surface area contributed by atoms with Crippen molar-refractivity contribution in [1.82, 2.24) is 10.7 Å². The number of hydrogen-bond acceptors (Lipinski definition) is 3. The van der Waals surface area contributed by atoms with E-state index in [0.717, 1.165) is 29.9 Å². The fourth-order valence-corrected chi connectivity index (χ4v) is 2.63. The SMILES string of the molecule is C=C(C)[C@@H]1CC=C(C)/C(=N\NC(=S)NCc2ccc(OC)cc2)C1. The first-order valence-electron chi connectivity index (χ1n) is 8.05. The molecule has 0 saturated heterocycles. The molecular formula is C19H25N3OS. The molecule has 5 heteroatoms. The molecule has 24 heavy (non-hydrogen) atoms. The molecule has 1 aromatic rings. The summed E-state index contributed by atoms with van der Waals surface area (Å²) in [5.41, 5.74) is 7.53. The van der Waals surface area contributed by atoms with Crippen LogP contribution in [0.15, 0.2) is 53.2 Å². The Morgan fingerprint density at radius 1 is 1.38 bits per heavy atom. The summed E-state index contributed by atoms with van der Waals surface area (Å²) in [4.78, 5) is 0. The highest BCUT2D eigenvalue weighted by Gasteiger charge is 2.18. The Kier molecular flexibility index (Phi) is 6.55. The predicted molar refractivity (Wildman–Crippen MR) is 104 cm³/mol. The molecule has 0 unspecified atom stereocenters. The normalized spacial score (nSPS) is 18.7. The van der Waals surface area contributed by atoms with E-state index in [0.29, 0.717) is 17.6 Å². The molecule has 2 rings (SSSR count). The van der Waals surface area contributed by atoms with Gasteiger partial charge in [0.1, 0.15) is 5.75 Å². The van der Waals surface area contributed by atoms with Crippen LogP contribution in [-0.2, 0) is 6.54 Å². The smallest absolute Gasteiger partial charge is 0.187 e. The number of nitrogens with zero attached hydrogens (tertiary/aromatic N) is 1. The Morgan fingerprint density at radius 3 is 2.71 bits per heavy atom. The first kappa shape index (κ1) is 18.2. The predicted octanol–water partition coefficient (Wildman–Crippen LogP) is 3.95. The number of hydrazone groups is 1. The van der Waals surface area contributed by atoms with E-state index in [1.807, 2.05) is 24.3 Å². The lowest BCUT2D eigenvalue weighted by molar-refractivity contribution is 0.414. The van der Waals surface area contributed by atoms with Crippen LogP contribution in [-0.4, -0.2) is 17.9 Å². The third-order valence-corrected chi connectivity index (χ3v) is 4.44. The molecule has 0 aromatic heterocycles. The van der Waals surface area contributed by atoms with Crippen molar-refractivity contribution in [2.75, 3.05) is 7.11 Å². The van der Waals surface area contributed by atoms with E-state index in [4.69, 9.17) is 17.0 Å². The minimum atomic E-state index is 0.468. The number of thiocarbonyl (C=S) groups is 1. The van der Waals surface area contributed by atoms with Crippen LogP contribution < -0.4 is 15.5 Å². The molecule has 0 radical (unpaired) electrons. The number of nitrogens with one attached hydrogen (secondary N) is 2. The summed E-state index contributed by atoms with van der Waals surface area (Å²) in [7, 11) is 1.66. The Balaban J connectivity index is 1.86. The van der Waals surface area contributed by atoms with Gasteiger partial charge in [-0.1, -0.05) is 30.4 Å². The van der Waals surface area contributed by atoms with Gasteiger partial charge < -0.3 is 10.1 Å². The molecule has 0 fully saturated rings. The minimum Gasteiger partial charge on any atom is -0.497 e. The van der Waals surface area contributed by atoms with Crippen molar-refractivity contribution in [1.29, 1.82) is 0 Å². The van der Waals surface area contributed by atoms with Crippen molar-refractivity contribution in [3.63, 3.8) is 0 Å². The fraction of sp³-hybridized carbons (Fsp3) is 0.368. The fourth-order valence-electron chi connectivity index (χ4n) is 2.51. The van der Waals surface area contributed by atoms with E-state index in [1.54, 1.807) is 7.11 Å². The third-order valence-electron chi connectivity index (χ3n) is 4.20. The summed E-state index contributed by atoms with van der Waals surface area (Å²) in [6.45, 7) is 8.86. The maximum absolute atomic E-state index is 5.30. The van der Waals surface area contributed by atoms with Crippen molar-refractivity contribution in [2.24, 2.45) is 11.0 Å². The molecule has 0 bridgehead atoms. The van der Waals surface area contributed by atoms with Gasteiger partial charge in [0.05, 0.1) is 12.8 Å². The van der Waals surface area contributed by atoms with Gasteiger partial charge in [-0.2, -0.15) is 5.10 Å². The highest BCUT2D eigenvalue weighted by atomic mass is 32.1. The van der Waals surface area contributed by atoms with Gasteiger partial charge in [-0.15, -0.1) is 0 Å². The highest BCUT2D eigenvalue weighted by molar-refractivity contribution is 7.80. The number of methoxy groups -OCH3 is 1. The standard InChI is InChI=1S/C19H25N3OS/c1-13(2)16-8-5-14(3)18(11-16)21-22-19(24)20-12-15-6-9-17(23-4)10-7-15/h5-7,9-10,16H,1,8,11-12H2,2-4H3,(H2,20,22,24)/b21-18-/t16-/m1/s1. The Labute approximate surface area is 149 Å². The molecule has 0 spiro atoms. The van der Waals surface area contributed by atoms with Gasteiger partial charge in [-0.05, 0) is 68.1 Å². The van der Waals surface area contributed by atoms with Crippen molar-refractivity contribution in [3.05, 3.63) is 53.6 Å². The topological polar surface area (TPSA) is 45.7 Å². The second-order valence-electron chi connectivity index (χ2n) is 6.07. The average Bonchev–Trinajstić information content (AvgIpc) is 2.59. The van der Waals surface area contributed by atoms with Gasteiger partial charge in [0.2, 0.25) is 0 Å². The number of rotatable bonds is 5. The van der Waals surface area contributed by atoms with Gasteiger partial charge in [0.15, 0.2) is 5.11 Å². The molecule has 4 nitrogen and oxygen atoms in total. The van der Waals surface area contributed by atoms with E-state index < -0.39 is 0 Å². The van der Waals surface area contributed by atoms with Crippen molar-refractivity contribution in [2.45, 2.75) is 33.2 Å². The van der Waals surface area contributed by atoms with Crippen LogP contribution in [0.2, 0.25) is 0 Å². The maximum atomic E-state index is 5.30. The number of hydrogen-bond donors (Lipinski definition) is 2. The Bertz CT molecular complexity index is 662. The van der Waals surface area contributed by atoms with Gasteiger partial charge >= 0.3 is 0 Å². The molecule has 1 aliphatic rings. The summed E-state index contributed by atoms with van der Waals surface area (Å²) in [6.07, 6.45) is 4.17. The lowest BCUT2D eigenvalue weighted by Crippen LogP contribution is -2.32. The average molecular weight is 343 g/mol. The zero-order valence-corrected chi connectivity index (χ0v) is 15.4. The van der Waals surface area contributed by atoms with E-state index in [-0.39, 0.29) is 0 Å². The van der Waals surface area contributed by atoms with Crippen LogP contribution in [0.1, 0.15) is 32.3 Å². The quantitative estimate of drug-likeness (QED) is 0.483. The molecule has 1 atom stereocenters. The largest absolute Gasteiger partial charge is 0.497 e. The van der Waals surface area contributed by atoms with Gasteiger partial charge in [-0.3, -0.25) is 5.43 Å². The highest BCUT2D eigenvalue weighted by Crippen LogP contribution is 2.26. The molecule has 0 saturated carbocycles. The molecule has 1 aliphatic carbocycles. The monoisotopic (exact) mass is 343 g/mol. The van der Waals surface area contributed by atoms with Crippen molar-refractivity contribution >= 4 is 23.0 Å². The molecule has 0 aliphatic heterocycles. The van der Waals surface area contributed by atoms with E-state index >= 15 is 0 Å². The summed E-state index contributed by atoms with van der Waals surface area (Å²) in [6, 6.07) is 7.88. The summed E-state index contributed by atoms with van der Waals surface area (Å²) in [5.74, 6) is 1.31. The third kappa shape index (κ3) is 5.20. The molecule has 2 N–H and O–H groups in total. The zero-order chi connectivity index (χ0) is 17.5. The van der Waals surface area contributed by atoms with Gasteiger partial charge in [0.25, 0.3) is 0 Å². The van der Waals surface area contributed by atoms with Gasteiger partial charge in [-0.25, -0.2) is 0 Å². The Morgan fingerprint density at radius 2 is 2.08 bits per heavy atom. The molecule has 128 valence electrons. The van der Waals surface area contributed by atoms with Crippen LogP contribution in [0.3, 0.4) is 0 Å². The molecule has 1 aromatic carbocycles. The summed E-state index contributed by atoms with van der Waals surface area (Å²) < 4.78 is 5.15. The van der Waals surface area contributed by atoms with Crippen LogP contribution >= 0.6 is 12.2 Å². The van der Waals surface area contributed by atoms with Crippen LogP contribution in [0, 0.1) is 5.92 Å². The van der Waals surface area contributed by atoms with Crippen molar-refractivity contribution in [3.8, 4) is 5.75 Å². The maximum Gasteiger partial charge on any atom is 0.187 e. The molecular weight excluding hydrogens is 318 g/mol. The van der Waals surface area contributed by atoms with E-state index in [1.165, 1.54) is 11.1 Å². The zero-order valence-electron chi connectivity index (χ0n) is 14.6.